The fourth-order valence-corrected chi connectivity index (χ4v) is 0.931. The molecule has 14 heavy (non-hydrogen) atoms. The minimum atomic E-state index is 0.0770. The van der Waals surface area contributed by atoms with E-state index in [9.17, 15) is 0 Å². The van der Waals surface area contributed by atoms with Crippen LogP contribution in [0.25, 0.3) is 0 Å². The lowest BCUT2D eigenvalue weighted by molar-refractivity contribution is 0.330. The maximum absolute atomic E-state index is 9.01. The molecule has 2 aromatic rings. The number of anilines is 1. The molecule has 1 heterocycles. The van der Waals surface area contributed by atoms with E-state index < -0.39 is 0 Å². The number of oxazole rings is 1. The van der Waals surface area contributed by atoms with Gasteiger partial charge < -0.3 is 20.0 Å². The quantitative estimate of drug-likeness (QED) is 0.757. The van der Waals surface area contributed by atoms with Crippen molar-refractivity contribution >= 4 is 5.82 Å². The number of hydrogen-bond acceptors (Lipinski definition) is 5. The molecule has 0 amide bonds. The highest BCUT2D eigenvalue weighted by Crippen LogP contribution is 2.22. The molecule has 0 aliphatic carbocycles. The zero-order chi connectivity index (χ0) is 9.97. The summed E-state index contributed by atoms with van der Waals surface area (Å²) < 4.78 is 10.1. The average molecular weight is 192 g/mol. The van der Waals surface area contributed by atoms with Crippen LogP contribution in [0.3, 0.4) is 0 Å². The number of phenols is 1. The van der Waals surface area contributed by atoms with Crippen molar-refractivity contribution < 1.29 is 14.3 Å². The van der Waals surface area contributed by atoms with Crippen LogP contribution in [-0.2, 0) is 0 Å². The number of nitrogens with two attached hydrogens (primary N) is 1. The van der Waals surface area contributed by atoms with E-state index in [4.69, 9.17) is 20.0 Å². The minimum absolute atomic E-state index is 0.0770. The molecular formula is C9H8N2O3. The minimum Gasteiger partial charge on any atom is -0.508 e. The average Bonchev–Trinajstić information content (AvgIpc) is 2.56. The van der Waals surface area contributed by atoms with Gasteiger partial charge in [-0.05, 0) is 24.3 Å². The van der Waals surface area contributed by atoms with Crippen molar-refractivity contribution in [3.8, 4) is 17.6 Å². The predicted octanol–water partition coefficient (Wildman–Crippen LogP) is 1.75. The summed E-state index contributed by atoms with van der Waals surface area (Å²) >= 11 is 0. The molecule has 0 bridgehead atoms. The van der Waals surface area contributed by atoms with Gasteiger partial charge in [-0.15, -0.1) is 0 Å². The molecule has 0 fully saturated rings. The van der Waals surface area contributed by atoms with Gasteiger partial charge >= 0.3 is 6.08 Å². The molecule has 5 nitrogen and oxygen atoms in total. The third-order valence-corrected chi connectivity index (χ3v) is 1.54. The molecule has 1 aromatic carbocycles. The third kappa shape index (κ3) is 1.77. The van der Waals surface area contributed by atoms with Crippen LogP contribution in [0.1, 0.15) is 0 Å². The second kappa shape index (κ2) is 3.29. The number of rotatable bonds is 2. The molecule has 1 aromatic heterocycles. The van der Waals surface area contributed by atoms with Crippen LogP contribution in [0, 0.1) is 0 Å². The Bertz CT molecular complexity index is 422. The largest absolute Gasteiger partial charge is 0.508 e. The zero-order valence-electron chi connectivity index (χ0n) is 7.18. The lowest BCUT2D eigenvalue weighted by Gasteiger charge is -1.99. The molecule has 5 heteroatoms. The normalized spacial score (nSPS) is 10.0. The van der Waals surface area contributed by atoms with E-state index in [0.717, 1.165) is 0 Å². The van der Waals surface area contributed by atoms with Crippen LogP contribution in [0.5, 0.6) is 17.6 Å². The van der Waals surface area contributed by atoms with Gasteiger partial charge in [0.15, 0.2) is 5.82 Å². The molecule has 0 spiro atoms. The summed E-state index contributed by atoms with van der Waals surface area (Å²) in [5.74, 6) is 0.952. The molecule has 3 N–H and O–H groups in total. The second-order valence-electron chi connectivity index (χ2n) is 2.63. The van der Waals surface area contributed by atoms with Gasteiger partial charge in [0, 0.05) is 0 Å². The van der Waals surface area contributed by atoms with Crippen LogP contribution in [0.2, 0.25) is 0 Å². The van der Waals surface area contributed by atoms with Gasteiger partial charge in [-0.1, -0.05) is 0 Å². The first-order valence-corrected chi connectivity index (χ1v) is 3.92. The Kier molecular flexibility index (Phi) is 1.98. The fourth-order valence-electron chi connectivity index (χ4n) is 0.931. The number of aromatic hydroxyl groups is 1. The van der Waals surface area contributed by atoms with Gasteiger partial charge in [-0.2, -0.15) is 4.98 Å². The van der Waals surface area contributed by atoms with Crippen LogP contribution in [0.15, 0.2) is 34.9 Å². The maximum Gasteiger partial charge on any atom is 0.401 e. The van der Waals surface area contributed by atoms with Gasteiger partial charge in [0.05, 0.1) is 0 Å². The number of ether oxygens (including phenoxy) is 1. The van der Waals surface area contributed by atoms with Crippen molar-refractivity contribution in [2.75, 3.05) is 5.73 Å². The molecule has 0 saturated carbocycles. The number of benzene rings is 1. The van der Waals surface area contributed by atoms with Crippen LogP contribution in [0.4, 0.5) is 5.82 Å². The van der Waals surface area contributed by atoms with Crippen LogP contribution >= 0.6 is 0 Å². The Morgan fingerprint density at radius 3 is 2.57 bits per heavy atom. The van der Waals surface area contributed by atoms with Crippen LogP contribution in [-0.4, -0.2) is 10.1 Å². The smallest absolute Gasteiger partial charge is 0.401 e. The summed E-state index contributed by atoms with van der Waals surface area (Å²) in [6, 6.07) is 6.19. The van der Waals surface area contributed by atoms with Crippen molar-refractivity contribution in [3.63, 3.8) is 0 Å². The number of nitrogens with zero attached hydrogens (tertiary/aromatic N) is 1. The standard InChI is InChI=1S/C9H8N2O3/c10-8-5-13-9(11-8)14-7-3-1-6(12)2-4-7/h1-5,12H,10H2. The van der Waals surface area contributed by atoms with Crippen molar-refractivity contribution in [3.05, 3.63) is 30.5 Å². The third-order valence-electron chi connectivity index (χ3n) is 1.54. The summed E-state index contributed by atoms with van der Waals surface area (Å²) in [4.78, 5) is 3.75. The van der Waals surface area contributed by atoms with Crippen LogP contribution < -0.4 is 10.5 Å². The van der Waals surface area contributed by atoms with Gasteiger partial charge in [-0.25, -0.2) is 0 Å². The number of aromatic nitrogens is 1. The molecule has 2 rings (SSSR count). The first kappa shape index (κ1) is 8.43. The van der Waals surface area contributed by atoms with E-state index in [1.165, 1.54) is 18.4 Å². The number of phenolic OH excluding ortho intramolecular Hbond substituents is 1. The van der Waals surface area contributed by atoms with E-state index in [1.807, 2.05) is 0 Å². The zero-order valence-corrected chi connectivity index (χ0v) is 7.18. The molecule has 0 aliphatic rings. The van der Waals surface area contributed by atoms with Gasteiger partial charge in [0.1, 0.15) is 17.8 Å². The van der Waals surface area contributed by atoms with Crippen molar-refractivity contribution in [1.82, 2.24) is 4.98 Å². The van der Waals surface area contributed by atoms with E-state index in [1.54, 1.807) is 12.1 Å². The predicted molar refractivity (Wildman–Crippen MR) is 49.1 cm³/mol. The highest BCUT2D eigenvalue weighted by Gasteiger charge is 2.03. The summed E-state index contributed by atoms with van der Waals surface area (Å²) in [7, 11) is 0. The fraction of sp³-hybridized carbons (Fsp3) is 0. The Morgan fingerprint density at radius 1 is 1.29 bits per heavy atom. The molecule has 0 aliphatic heterocycles. The molecular weight excluding hydrogens is 184 g/mol. The Labute approximate surface area is 79.8 Å². The topological polar surface area (TPSA) is 81.5 Å². The van der Waals surface area contributed by atoms with Gasteiger partial charge in [0.2, 0.25) is 0 Å². The molecule has 0 unspecified atom stereocenters. The highest BCUT2D eigenvalue weighted by molar-refractivity contribution is 5.32. The maximum atomic E-state index is 9.01. The van der Waals surface area contributed by atoms with E-state index in [2.05, 4.69) is 4.98 Å². The summed E-state index contributed by atoms with van der Waals surface area (Å²) in [5, 5.41) is 9.01. The van der Waals surface area contributed by atoms with Crippen molar-refractivity contribution in [2.45, 2.75) is 0 Å². The summed E-state index contributed by atoms with van der Waals surface area (Å²) in [6.07, 6.45) is 1.36. The van der Waals surface area contributed by atoms with Gasteiger partial charge in [0.25, 0.3) is 0 Å². The molecule has 0 saturated heterocycles. The lowest BCUT2D eigenvalue weighted by atomic mass is 10.3. The van der Waals surface area contributed by atoms with Crippen molar-refractivity contribution in [2.24, 2.45) is 0 Å². The molecule has 72 valence electrons. The SMILES string of the molecule is Nc1coc(Oc2ccc(O)cc2)n1. The summed E-state index contributed by atoms with van der Waals surface area (Å²) in [6.45, 7) is 0. The lowest BCUT2D eigenvalue weighted by Crippen LogP contribution is -1.85. The molecule has 0 radical (unpaired) electrons. The second-order valence-corrected chi connectivity index (χ2v) is 2.63. The number of nitrogen functional groups attached to an aromatic ring is 1. The Balaban J connectivity index is 2.15. The summed E-state index contributed by atoms with van der Waals surface area (Å²) in [5.41, 5.74) is 5.33. The monoisotopic (exact) mass is 192 g/mol. The first-order chi connectivity index (χ1) is 6.74. The first-order valence-electron chi connectivity index (χ1n) is 3.92. The van der Waals surface area contributed by atoms with E-state index in [-0.39, 0.29) is 17.6 Å². The van der Waals surface area contributed by atoms with Gasteiger partial charge in [-0.3, -0.25) is 0 Å². The molecule has 0 atom stereocenters. The highest BCUT2D eigenvalue weighted by atomic mass is 16.6. The Morgan fingerprint density at radius 2 is 2.00 bits per heavy atom. The van der Waals surface area contributed by atoms with E-state index in [0.29, 0.717) is 5.75 Å². The van der Waals surface area contributed by atoms with Crippen molar-refractivity contribution in [1.29, 1.82) is 0 Å². The van der Waals surface area contributed by atoms with E-state index >= 15 is 0 Å². The number of hydrogen-bond donors (Lipinski definition) is 2. The Hall–Kier alpha value is -2.17.